The van der Waals surface area contributed by atoms with Gasteiger partial charge in [-0.25, -0.2) is 9.97 Å². The summed E-state index contributed by atoms with van der Waals surface area (Å²) in [5, 5.41) is 3.38. The van der Waals surface area contributed by atoms with Crippen molar-refractivity contribution in [2.75, 3.05) is 37.6 Å². The Hall–Kier alpha value is -1.83. The molecule has 1 amide bonds. The molecule has 0 bridgehead atoms. The molecule has 2 saturated heterocycles. The van der Waals surface area contributed by atoms with Crippen LogP contribution in [0.5, 0.6) is 0 Å². The van der Waals surface area contributed by atoms with Crippen LogP contribution in [0.2, 0.25) is 0 Å². The van der Waals surface area contributed by atoms with Crippen molar-refractivity contribution in [1.82, 2.24) is 24.8 Å². The molecule has 0 aromatic carbocycles. The molecule has 0 aliphatic carbocycles. The molecule has 2 aromatic heterocycles. The zero-order valence-electron chi connectivity index (χ0n) is 16.2. The van der Waals surface area contributed by atoms with Crippen molar-refractivity contribution in [2.24, 2.45) is 13.0 Å². The minimum absolute atomic E-state index is 0. The van der Waals surface area contributed by atoms with Gasteiger partial charge in [-0.05, 0) is 24.5 Å². The van der Waals surface area contributed by atoms with E-state index in [0.717, 1.165) is 37.8 Å². The second-order valence-electron chi connectivity index (χ2n) is 7.36. The van der Waals surface area contributed by atoms with Crippen LogP contribution in [0.15, 0.2) is 30.7 Å². The first-order chi connectivity index (χ1) is 12.6. The van der Waals surface area contributed by atoms with Crippen molar-refractivity contribution >= 4 is 36.5 Å². The Morgan fingerprint density at radius 3 is 2.71 bits per heavy atom. The Kier molecular flexibility index (Phi) is 7.69. The van der Waals surface area contributed by atoms with Gasteiger partial charge in [0, 0.05) is 63.9 Å². The number of imidazole rings is 1. The van der Waals surface area contributed by atoms with E-state index in [0.29, 0.717) is 18.0 Å². The van der Waals surface area contributed by atoms with Gasteiger partial charge in [0.1, 0.15) is 17.7 Å². The number of carbonyl (C=O) groups is 1. The highest BCUT2D eigenvalue weighted by Crippen LogP contribution is 2.25. The summed E-state index contributed by atoms with van der Waals surface area (Å²) < 4.78 is 1.99. The Morgan fingerprint density at radius 1 is 1.21 bits per heavy atom. The van der Waals surface area contributed by atoms with Gasteiger partial charge in [0.25, 0.3) is 5.91 Å². The molecule has 2 unspecified atom stereocenters. The lowest BCUT2D eigenvalue weighted by atomic mass is 10.1. The molecule has 9 heteroatoms. The molecule has 4 heterocycles. The number of aryl methyl sites for hydroxylation is 1. The first kappa shape index (κ1) is 22.5. The lowest BCUT2D eigenvalue weighted by Crippen LogP contribution is -2.49. The Bertz CT molecular complexity index is 798. The summed E-state index contributed by atoms with van der Waals surface area (Å²) in [6, 6.07) is 3.71. The molecule has 0 spiro atoms. The quantitative estimate of drug-likeness (QED) is 0.815. The molecule has 2 aliphatic heterocycles. The highest BCUT2D eigenvalue weighted by molar-refractivity contribution is 5.95. The number of hydrogen-bond donors (Lipinski definition) is 1. The summed E-state index contributed by atoms with van der Waals surface area (Å²) in [6.07, 6.45) is 6.64. The number of piperazine rings is 1. The number of halogens is 2. The molecule has 2 aromatic rings. The number of anilines is 1. The van der Waals surface area contributed by atoms with Crippen molar-refractivity contribution in [3.63, 3.8) is 0 Å². The van der Waals surface area contributed by atoms with Crippen LogP contribution in [0.3, 0.4) is 0 Å². The monoisotopic (exact) mass is 426 g/mol. The molecular weight excluding hydrogens is 399 g/mol. The summed E-state index contributed by atoms with van der Waals surface area (Å²) >= 11 is 0. The second-order valence-corrected chi connectivity index (χ2v) is 7.36. The van der Waals surface area contributed by atoms with Crippen molar-refractivity contribution in [1.29, 1.82) is 0 Å². The average Bonchev–Trinajstić information content (AvgIpc) is 3.29. The van der Waals surface area contributed by atoms with Gasteiger partial charge in [0.05, 0.1) is 0 Å². The van der Waals surface area contributed by atoms with Crippen molar-refractivity contribution in [3.05, 3.63) is 42.1 Å². The van der Waals surface area contributed by atoms with Crippen LogP contribution in [0.4, 0.5) is 5.82 Å². The summed E-state index contributed by atoms with van der Waals surface area (Å²) in [4.78, 5) is 26.4. The lowest BCUT2D eigenvalue weighted by Gasteiger charge is -2.36. The second kappa shape index (κ2) is 9.58. The Balaban J connectivity index is 0.00000140. The first-order valence-corrected chi connectivity index (χ1v) is 9.33. The summed E-state index contributed by atoms with van der Waals surface area (Å²) in [5.41, 5.74) is 0.704. The fourth-order valence-electron chi connectivity index (χ4n) is 3.91. The van der Waals surface area contributed by atoms with E-state index in [1.807, 2.05) is 34.8 Å². The third-order valence-electron chi connectivity index (χ3n) is 5.40. The number of nitrogens with zero attached hydrogens (tertiary/aromatic N) is 5. The normalized spacial score (nSPS) is 21.8. The van der Waals surface area contributed by atoms with Crippen LogP contribution in [-0.4, -0.2) is 58.1 Å². The maximum Gasteiger partial charge on any atom is 0.254 e. The molecule has 4 rings (SSSR count). The third kappa shape index (κ3) is 4.42. The molecule has 7 nitrogen and oxygen atoms in total. The summed E-state index contributed by atoms with van der Waals surface area (Å²) in [5.74, 6) is 2.55. The van der Waals surface area contributed by atoms with Gasteiger partial charge >= 0.3 is 0 Å². The van der Waals surface area contributed by atoms with E-state index in [2.05, 4.69) is 27.1 Å². The predicted octanol–water partition coefficient (Wildman–Crippen LogP) is 2.29. The van der Waals surface area contributed by atoms with Crippen LogP contribution < -0.4 is 10.2 Å². The van der Waals surface area contributed by atoms with Gasteiger partial charge in [-0.3, -0.25) is 4.79 Å². The van der Waals surface area contributed by atoms with Gasteiger partial charge in [0.15, 0.2) is 0 Å². The van der Waals surface area contributed by atoms with Gasteiger partial charge in [0.2, 0.25) is 0 Å². The van der Waals surface area contributed by atoms with E-state index in [9.17, 15) is 4.79 Å². The van der Waals surface area contributed by atoms with Crippen LogP contribution in [0, 0.1) is 5.92 Å². The maximum atomic E-state index is 13.3. The number of pyridine rings is 1. The van der Waals surface area contributed by atoms with Crippen molar-refractivity contribution < 1.29 is 4.79 Å². The van der Waals surface area contributed by atoms with Gasteiger partial charge in [-0.2, -0.15) is 0 Å². The Labute approximate surface area is 178 Å². The summed E-state index contributed by atoms with van der Waals surface area (Å²) in [6.45, 7) is 6.47. The minimum atomic E-state index is -0.0559. The molecule has 0 radical (unpaired) electrons. The van der Waals surface area contributed by atoms with E-state index >= 15 is 0 Å². The van der Waals surface area contributed by atoms with E-state index < -0.39 is 0 Å². The molecule has 28 heavy (non-hydrogen) atoms. The van der Waals surface area contributed by atoms with Gasteiger partial charge in [-0.1, -0.05) is 6.92 Å². The van der Waals surface area contributed by atoms with Gasteiger partial charge < -0.3 is 19.7 Å². The van der Waals surface area contributed by atoms with E-state index in [4.69, 9.17) is 0 Å². The minimum Gasteiger partial charge on any atom is -0.356 e. The molecular formula is C19H28Cl2N6O. The highest BCUT2D eigenvalue weighted by Gasteiger charge is 2.31. The Morgan fingerprint density at radius 2 is 2.04 bits per heavy atom. The smallest absolute Gasteiger partial charge is 0.254 e. The maximum absolute atomic E-state index is 13.3. The molecule has 2 atom stereocenters. The van der Waals surface area contributed by atoms with E-state index in [1.165, 1.54) is 6.42 Å². The zero-order chi connectivity index (χ0) is 18.1. The standard InChI is InChI=1S/C19H26N6O.2ClH/c1-14-4-8-24(13-14)17-11-15(3-5-21-17)19(26)25-10-6-20-12-16(25)18-22-7-9-23(18)2;;/h3,5,7,9,11,14,16,20H,4,6,8,10,12-13H2,1-2H3;2*1H. The molecule has 0 saturated carbocycles. The molecule has 1 N–H and O–H groups in total. The third-order valence-corrected chi connectivity index (χ3v) is 5.40. The highest BCUT2D eigenvalue weighted by atomic mass is 35.5. The van der Waals surface area contributed by atoms with Crippen LogP contribution in [0.25, 0.3) is 0 Å². The predicted molar refractivity (Wildman–Crippen MR) is 115 cm³/mol. The average molecular weight is 427 g/mol. The number of aromatic nitrogens is 3. The number of amides is 1. The molecule has 154 valence electrons. The number of carbonyl (C=O) groups excluding carboxylic acids is 1. The van der Waals surface area contributed by atoms with Crippen LogP contribution >= 0.6 is 24.8 Å². The van der Waals surface area contributed by atoms with Crippen molar-refractivity contribution in [2.45, 2.75) is 19.4 Å². The number of nitrogens with one attached hydrogen (secondary N) is 1. The van der Waals surface area contributed by atoms with Crippen LogP contribution in [-0.2, 0) is 7.05 Å². The van der Waals surface area contributed by atoms with Crippen LogP contribution in [0.1, 0.15) is 35.6 Å². The first-order valence-electron chi connectivity index (χ1n) is 9.33. The molecule has 2 aliphatic rings. The van der Waals surface area contributed by atoms with Crippen molar-refractivity contribution in [3.8, 4) is 0 Å². The SMILES string of the molecule is CC1CCN(c2cc(C(=O)N3CCNCC3c3nccn3C)ccn2)C1.Cl.Cl. The zero-order valence-corrected chi connectivity index (χ0v) is 17.9. The van der Waals surface area contributed by atoms with E-state index in [1.54, 1.807) is 12.4 Å². The topological polar surface area (TPSA) is 66.3 Å². The number of hydrogen-bond acceptors (Lipinski definition) is 5. The van der Waals surface area contributed by atoms with Gasteiger partial charge in [-0.15, -0.1) is 24.8 Å². The summed E-state index contributed by atoms with van der Waals surface area (Å²) in [7, 11) is 1.97. The lowest BCUT2D eigenvalue weighted by molar-refractivity contribution is 0.0621. The largest absolute Gasteiger partial charge is 0.356 e. The van der Waals surface area contributed by atoms with E-state index in [-0.39, 0.29) is 36.8 Å². The fourth-order valence-corrected chi connectivity index (χ4v) is 3.91. The fraction of sp³-hybridized carbons (Fsp3) is 0.526. The number of rotatable bonds is 3. The molecule has 2 fully saturated rings.